The fourth-order valence-electron chi connectivity index (χ4n) is 4.23. The van der Waals surface area contributed by atoms with Crippen LogP contribution in [0.3, 0.4) is 0 Å². The number of nitrogens with zero attached hydrogens (tertiary/aromatic N) is 2. The van der Waals surface area contributed by atoms with Gasteiger partial charge in [0.25, 0.3) is 0 Å². The van der Waals surface area contributed by atoms with Crippen molar-refractivity contribution in [1.29, 1.82) is 0 Å². The van der Waals surface area contributed by atoms with Gasteiger partial charge in [-0.1, -0.05) is 38.8 Å². The van der Waals surface area contributed by atoms with Crippen molar-refractivity contribution in [3.05, 3.63) is 21.3 Å². The number of likely N-dealkylation sites (tertiary alicyclic amines) is 1. The van der Waals surface area contributed by atoms with E-state index in [4.69, 9.17) is 16.3 Å². The highest BCUT2D eigenvalue weighted by Crippen LogP contribution is 2.29. The Hall–Kier alpha value is -1.20. The van der Waals surface area contributed by atoms with E-state index in [2.05, 4.69) is 4.72 Å². The summed E-state index contributed by atoms with van der Waals surface area (Å²) in [5.74, 6) is -0.814. The summed E-state index contributed by atoms with van der Waals surface area (Å²) in [5, 5.41) is 0. The van der Waals surface area contributed by atoms with Crippen LogP contribution in [0, 0.1) is 5.92 Å². The minimum absolute atomic E-state index is 0.0340. The van der Waals surface area contributed by atoms with Crippen molar-refractivity contribution < 1.29 is 22.7 Å². The number of halogens is 1. The van der Waals surface area contributed by atoms with Crippen LogP contribution in [0.25, 0.3) is 0 Å². The Morgan fingerprint density at radius 1 is 1.28 bits per heavy atom. The molecule has 8 nitrogen and oxygen atoms in total. The third-order valence-corrected chi connectivity index (χ3v) is 9.25. The lowest BCUT2D eigenvalue weighted by Gasteiger charge is -2.37. The summed E-state index contributed by atoms with van der Waals surface area (Å²) in [6.07, 6.45) is 1.09. The number of carbonyl (C=O) groups excluding carboxylic acids is 2. The van der Waals surface area contributed by atoms with Crippen LogP contribution in [0.15, 0.2) is 12.1 Å². The number of ether oxygens (including phenoxy) is 1. The summed E-state index contributed by atoms with van der Waals surface area (Å²) in [6, 6.07) is 2.14. The van der Waals surface area contributed by atoms with Crippen LogP contribution in [-0.4, -0.2) is 80.7 Å². The molecule has 0 aliphatic carbocycles. The minimum Gasteiger partial charge on any atom is -0.378 e. The maximum absolute atomic E-state index is 13.3. The molecule has 11 heteroatoms. The number of thiophene rings is 1. The molecule has 3 heterocycles. The van der Waals surface area contributed by atoms with Crippen molar-refractivity contribution in [2.24, 2.45) is 5.92 Å². The topological polar surface area (TPSA) is 96.0 Å². The van der Waals surface area contributed by atoms with Crippen molar-refractivity contribution in [2.75, 3.05) is 38.6 Å². The summed E-state index contributed by atoms with van der Waals surface area (Å²) >= 11 is 7.32. The number of nitrogens with one attached hydrogen (secondary N) is 1. The number of amides is 2. The van der Waals surface area contributed by atoms with Crippen molar-refractivity contribution in [3.63, 3.8) is 0 Å². The molecule has 2 aliphatic rings. The molecule has 180 valence electrons. The van der Waals surface area contributed by atoms with Gasteiger partial charge in [-0.3, -0.25) is 9.59 Å². The molecule has 1 aromatic heterocycles. The second-order valence-corrected chi connectivity index (χ2v) is 12.1. The van der Waals surface area contributed by atoms with Crippen LogP contribution in [0.1, 0.15) is 44.4 Å². The number of morpholine rings is 1. The van der Waals surface area contributed by atoms with Crippen molar-refractivity contribution in [3.8, 4) is 0 Å². The normalized spacial score (nSPS) is 22.8. The molecule has 0 saturated carbocycles. The van der Waals surface area contributed by atoms with E-state index in [0.29, 0.717) is 43.6 Å². The van der Waals surface area contributed by atoms with E-state index in [0.717, 1.165) is 11.3 Å². The fourth-order valence-corrected chi connectivity index (χ4v) is 7.04. The molecule has 2 aliphatic heterocycles. The van der Waals surface area contributed by atoms with E-state index in [1.165, 1.54) is 11.3 Å². The summed E-state index contributed by atoms with van der Waals surface area (Å²) in [4.78, 5) is 30.6. The van der Waals surface area contributed by atoms with Gasteiger partial charge in [0.15, 0.2) is 0 Å². The second-order valence-electron chi connectivity index (χ2n) is 8.58. The first-order valence-corrected chi connectivity index (χ1v) is 13.9. The predicted molar refractivity (Wildman–Crippen MR) is 125 cm³/mol. The first-order valence-electron chi connectivity index (χ1n) is 11.0. The van der Waals surface area contributed by atoms with Gasteiger partial charge >= 0.3 is 0 Å². The molecular weight excluding hydrogens is 474 g/mol. The average molecular weight is 506 g/mol. The van der Waals surface area contributed by atoms with E-state index in [-0.39, 0.29) is 29.4 Å². The van der Waals surface area contributed by atoms with E-state index in [9.17, 15) is 18.0 Å². The maximum Gasteiger partial charge on any atom is 0.245 e. The van der Waals surface area contributed by atoms with Crippen LogP contribution in [0.2, 0.25) is 4.34 Å². The summed E-state index contributed by atoms with van der Waals surface area (Å²) < 4.78 is 34.1. The van der Waals surface area contributed by atoms with Gasteiger partial charge in [0.05, 0.1) is 23.3 Å². The van der Waals surface area contributed by atoms with Crippen molar-refractivity contribution in [2.45, 2.75) is 51.6 Å². The second kappa shape index (κ2) is 10.8. The summed E-state index contributed by atoms with van der Waals surface area (Å²) in [6.45, 7) is 8.12. The Bertz CT molecular complexity index is 916. The number of carbonyl (C=O) groups is 2. The Balaban J connectivity index is 1.67. The van der Waals surface area contributed by atoms with Crippen LogP contribution in [0.5, 0.6) is 0 Å². The van der Waals surface area contributed by atoms with Gasteiger partial charge in [-0.25, -0.2) is 13.1 Å². The number of hydrogen-bond acceptors (Lipinski definition) is 6. The van der Waals surface area contributed by atoms with Crippen LogP contribution in [-0.2, 0) is 24.3 Å². The molecule has 1 aromatic rings. The summed E-state index contributed by atoms with van der Waals surface area (Å²) in [7, 11) is -3.70. The Labute approximate surface area is 199 Å². The number of sulfonamides is 1. The molecule has 0 bridgehead atoms. The van der Waals surface area contributed by atoms with Crippen molar-refractivity contribution in [1.82, 2.24) is 14.5 Å². The zero-order chi connectivity index (χ0) is 23.5. The zero-order valence-electron chi connectivity index (χ0n) is 18.8. The molecule has 2 saturated heterocycles. The molecule has 32 heavy (non-hydrogen) atoms. The highest BCUT2D eigenvalue weighted by molar-refractivity contribution is 7.89. The van der Waals surface area contributed by atoms with Crippen LogP contribution >= 0.6 is 22.9 Å². The first-order chi connectivity index (χ1) is 15.1. The molecule has 3 rings (SSSR count). The SMILES string of the molecule is CC[C@H](C)[C@@H](C(=O)N1CCOCC1)N1CC[C@H](NS(=O)(=O)CC(C)c2ccc(Cl)s2)C1=O. The zero-order valence-corrected chi connectivity index (χ0v) is 21.1. The van der Waals surface area contributed by atoms with Gasteiger partial charge in [0.2, 0.25) is 21.8 Å². The lowest BCUT2D eigenvalue weighted by Crippen LogP contribution is -2.56. The summed E-state index contributed by atoms with van der Waals surface area (Å²) in [5.41, 5.74) is 0. The van der Waals surface area contributed by atoms with Gasteiger partial charge in [-0.2, -0.15) is 0 Å². The van der Waals surface area contributed by atoms with Crippen LogP contribution < -0.4 is 4.72 Å². The van der Waals surface area contributed by atoms with Gasteiger partial charge < -0.3 is 14.5 Å². The predicted octanol–water partition coefficient (Wildman–Crippen LogP) is 2.30. The first kappa shape index (κ1) is 25.4. The molecular formula is C21H32ClN3O5S2. The lowest BCUT2D eigenvalue weighted by molar-refractivity contribution is -0.149. The van der Waals surface area contributed by atoms with Gasteiger partial charge in [0, 0.05) is 30.4 Å². The van der Waals surface area contributed by atoms with Gasteiger partial charge in [0.1, 0.15) is 12.1 Å². The average Bonchev–Trinajstić information content (AvgIpc) is 3.34. The largest absolute Gasteiger partial charge is 0.378 e. The van der Waals surface area contributed by atoms with Gasteiger partial charge in [-0.05, 0) is 24.5 Å². The number of rotatable bonds is 9. The molecule has 2 fully saturated rings. The van der Waals surface area contributed by atoms with E-state index < -0.39 is 22.1 Å². The quantitative estimate of drug-likeness (QED) is 0.555. The standard InChI is InChI=1S/C21H32ClN3O5S2/c1-4-14(2)19(21(27)24-9-11-30-12-10-24)25-8-7-16(20(25)26)23-32(28,29)13-15(3)17-5-6-18(22)31-17/h5-6,14-16,19,23H,4,7-13H2,1-3H3/t14-,15?,16-,19-/m0/s1. The number of hydrogen-bond donors (Lipinski definition) is 1. The van der Waals surface area contributed by atoms with Gasteiger partial charge in [-0.15, -0.1) is 11.3 Å². The van der Waals surface area contributed by atoms with E-state index in [1.807, 2.05) is 26.8 Å². The molecule has 1 N–H and O–H groups in total. The molecule has 1 unspecified atom stereocenters. The third-order valence-electron chi connectivity index (χ3n) is 6.21. The minimum atomic E-state index is -3.70. The van der Waals surface area contributed by atoms with Crippen molar-refractivity contribution >= 4 is 44.8 Å². The highest BCUT2D eigenvalue weighted by atomic mass is 35.5. The van der Waals surface area contributed by atoms with Crippen LogP contribution in [0.4, 0.5) is 0 Å². The van der Waals surface area contributed by atoms with E-state index in [1.54, 1.807) is 15.9 Å². The lowest BCUT2D eigenvalue weighted by atomic mass is 9.96. The molecule has 0 spiro atoms. The fraction of sp³-hybridized carbons (Fsp3) is 0.714. The van der Waals surface area contributed by atoms with E-state index >= 15 is 0 Å². The Morgan fingerprint density at radius 3 is 2.56 bits per heavy atom. The monoisotopic (exact) mass is 505 g/mol. The molecule has 4 atom stereocenters. The molecule has 2 amide bonds. The highest BCUT2D eigenvalue weighted by Gasteiger charge is 2.43. The smallest absolute Gasteiger partial charge is 0.245 e. The molecule has 0 radical (unpaired) electrons. The Kier molecular flexibility index (Phi) is 8.59. The third kappa shape index (κ3) is 6.02. The maximum atomic E-state index is 13.3. The Morgan fingerprint density at radius 2 is 1.97 bits per heavy atom. The molecule has 0 aromatic carbocycles.